The number of nitriles is 1. The monoisotopic (exact) mass is 553 g/mol. The molecule has 0 amide bonds. The first kappa shape index (κ1) is 25.7. The number of nitrogens with one attached hydrogen (secondary N) is 1. The average Bonchev–Trinajstić information content (AvgIpc) is 2.81. The summed E-state index contributed by atoms with van der Waals surface area (Å²) in [5, 5.41) is 12.2. The number of hydrogen-bond acceptors (Lipinski definition) is 5. The number of ether oxygens (including phenoxy) is 2. The summed E-state index contributed by atoms with van der Waals surface area (Å²) in [4.78, 5) is 8.86. The molecule has 2 aromatic rings. The van der Waals surface area contributed by atoms with E-state index in [1.54, 1.807) is 27.3 Å². The molecule has 1 saturated heterocycles. The molecule has 0 saturated carbocycles. The van der Waals surface area contributed by atoms with Gasteiger partial charge < -0.3 is 19.7 Å². The Kier molecular flexibility index (Phi) is 9.99. The Labute approximate surface area is 205 Å². The highest BCUT2D eigenvalue weighted by atomic mass is 127. The van der Waals surface area contributed by atoms with Crippen molar-refractivity contribution in [1.82, 2.24) is 15.1 Å². The number of rotatable bonds is 6. The number of guanidine groups is 1. The van der Waals surface area contributed by atoms with Crippen LogP contribution in [0.15, 0.2) is 41.4 Å². The molecule has 172 valence electrons. The van der Waals surface area contributed by atoms with Crippen LogP contribution in [0.4, 0.5) is 4.39 Å². The third-order valence-electron chi connectivity index (χ3n) is 5.38. The molecule has 3 rings (SSSR count). The molecule has 9 heteroatoms. The van der Waals surface area contributed by atoms with Gasteiger partial charge in [-0.25, -0.2) is 4.39 Å². The SMILES string of the molecule is CN=C(NCc1cc(C#N)ccc1F)N1CCN(Cc2cc(OC)ccc2OC)CC1.I. The molecule has 32 heavy (non-hydrogen) atoms. The van der Waals surface area contributed by atoms with Gasteiger partial charge >= 0.3 is 0 Å². The maximum atomic E-state index is 14.0. The van der Waals surface area contributed by atoms with E-state index in [2.05, 4.69) is 20.1 Å². The molecule has 0 aromatic heterocycles. The Morgan fingerprint density at radius 3 is 2.47 bits per heavy atom. The van der Waals surface area contributed by atoms with Crippen LogP contribution in [0, 0.1) is 17.1 Å². The third kappa shape index (κ3) is 6.46. The Hall–Kier alpha value is -2.58. The van der Waals surface area contributed by atoms with Gasteiger partial charge in [-0.3, -0.25) is 9.89 Å². The number of methoxy groups -OCH3 is 2. The molecule has 0 radical (unpaired) electrons. The van der Waals surface area contributed by atoms with Crippen LogP contribution in [0.5, 0.6) is 11.5 Å². The molecule has 1 fully saturated rings. The first-order chi connectivity index (χ1) is 15.1. The second-order valence-electron chi connectivity index (χ2n) is 7.26. The zero-order chi connectivity index (χ0) is 22.2. The summed E-state index contributed by atoms with van der Waals surface area (Å²) >= 11 is 0. The van der Waals surface area contributed by atoms with Gasteiger partial charge in [0.05, 0.1) is 25.9 Å². The minimum absolute atomic E-state index is 0. The van der Waals surface area contributed by atoms with Crippen LogP contribution in [0.25, 0.3) is 0 Å². The first-order valence-electron chi connectivity index (χ1n) is 10.1. The minimum atomic E-state index is -0.334. The molecule has 7 nitrogen and oxygen atoms in total. The molecule has 0 atom stereocenters. The van der Waals surface area contributed by atoms with Crippen LogP contribution in [0.2, 0.25) is 0 Å². The van der Waals surface area contributed by atoms with Crippen molar-refractivity contribution in [3.8, 4) is 17.6 Å². The molecule has 0 bridgehead atoms. The molecule has 1 N–H and O–H groups in total. The average molecular weight is 553 g/mol. The van der Waals surface area contributed by atoms with E-state index in [9.17, 15) is 4.39 Å². The highest BCUT2D eigenvalue weighted by Gasteiger charge is 2.21. The Balaban J connectivity index is 0.00000363. The standard InChI is InChI=1S/C23H28FN5O2.HI/c1-26-23(27-15-18-12-17(14-25)4-6-21(18)24)29-10-8-28(9-11-29)16-19-13-20(30-2)5-7-22(19)31-3;/h4-7,12-13H,8-11,15-16H2,1-3H3,(H,26,27);1H. The fourth-order valence-corrected chi connectivity index (χ4v) is 3.65. The van der Waals surface area contributed by atoms with E-state index >= 15 is 0 Å². The van der Waals surface area contributed by atoms with Crippen LogP contribution >= 0.6 is 24.0 Å². The van der Waals surface area contributed by atoms with E-state index in [1.165, 1.54) is 12.1 Å². The fourth-order valence-electron chi connectivity index (χ4n) is 3.65. The van der Waals surface area contributed by atoms with Crippen molar-refractivity contribution in [1.29, 1.82) is 5.26 Å². The molecule has 0 aliphatic carbocycles. The lowest BCUT2D eigenvalue weighted by Gasteiger charge is -2.36. The summed E-state index contributed by atoms with van der Waals surface area (Å²) in [6.45, 7) is 4.36. The summed E-state index contributed by atoms with van der Waals surface area (Å²) in [7, 11) is 5.05. The fraction of sp³-hybridized carbons (Fsp3) is 0.391. The van der Waals surface area contributed by atoms with Crippen molar-refractivity contribution in [2.45, 2.75) is 13.1 Å². The Morgan fingerprint density at radius 2 is 1.84 bits per heavy atom. The van der Waals surface area contributed by atoms with Crippen LogP contribution < -0.4 is 14.8 Å². The van der Waals surface area contributed by atoms with Gasteiger partial charge in [-0.2, -0.15) is 5.26 Å². The quantitative estimate of drug-likeness (QED) is 0.337. The van der Waals surface area contributed by atoms with Crippen molar-refractivity contribution in [3.05, 3.63) is 58.9 Å². The summed E-state index contributed by atoms with van der Waals surface area (Å²) in [6.07, 6.45) is 0. The molecule has 2 aromatic carbocycles. The molecular weight excluding hydrogens is 524 g/mol. The van der Waals surface area contributed by atoms with E-state index in [4.69, 9.17) is 14.7 Å². The number of nitrogens with zero attached hydrogens (tertiary/aromatic N) is 4. The van der Waals surface area contributed by atoms with Crippen molar-refractivity contribution in [2.75, 3.05) is 47.4 Å². The highest BCUT2D eigenvalue weighted by molar-refractivity contribution is 14.0. The zero-order valence-electron chi connectivity index (χ0n) is 18.6. The largest absolute Gasteiger partial charge is 0.497 e. The highest BCUT2D eigenvalue weighted by Crippen LogP contribution is 2.25. The molecule has 1 aliphatic heterocycles. The summed E-state index contributed by atoms with van der Waals surface area (Å²) < 4.78 is 24.9. The summed E-state index contributed by atoms with van der Waals surface area (Å²) in [5.74, 6) is 2.05. The Bertz CT molecular complexity index is 971. The van der Waals surface area contributed by atoms with Gasteiger partial charge in [-0.1, -0.05) is 0 Å². The van der Waals surface area contributed by atoms with E-state index in [-0.39, 0.29) is 36.3 Å². The molecular formula is C23H29FIN5O2. The number of aliphatic imine (C=N–C) groups is 1. The van der Waals surface area contributed by atoms with Crippen molar-refractivity contribution in [3.63, 3.8) is 0 Å². The van der Waals surface area contributed by atoms with Crippen molar-refractivity contribution < 1.29 is 13.9 Å². The van der Waals surface area contributed by atoms with Crippen molar-refractivity contribution >= 4 is 29.9 Å². The normalized spacial score (nSPS) is 14.3. The van der Waals surface area contributed by atoms with Gasteiger partial charge in [0.25, 0.3) is 0 Å². The smallest absolute Gasteiger partial charge is 0.194 e. The van der Waals surface area contributed by atoms with Gasteiger partial charge in [0.1, 0.15) is 17.3 Å². The van der Waals surface area contributed by atoms with E-state index < -0.39 is 0 Å². The van der Waals surface area contributed by atoms with Gasteiger partial charge in [0, 0.05) is 57.4 Å². The van der Waals surface area contributed by atoms with Gasteiger partial charge in [0.2, 0.25) is 0 Å². The molecule has 1 heterocycles. The summed E-state index contributed by atoms with van der Waals surface area (Å²) in [6, 6.07) is 12.2. The van der Waals surface area contributed by atoms with Crippen molar-refractivity contribution in [2.24, 2.45) is 4.99 Å². The maximum absolute atomic E-state index is 14.0. The minimum Gasteiger partial charge on any atom is -0.497 e. The van der Waals surface area contributed by atoms with Crippen LogP contribution in [-0.4, -0.2) is 63.2 Å². The molecule has 0 unspecified atom stereocenters. The number of benzene rings is 2. The molecule has 0 spiro atoms. The van der Waals surface area contributed by atoms with E-state index in [0.29, 0.717) is 11.1 Å². The van der Waals surface area contributed by atoms with Gasteiger partial charge in [-0.05, 0) is 36.4 Å². The van der Waals surface area contributed by atoms with Gasteiger partial charge in [0.15, 0.2) is 5.96 Å². The topological polar surface area (TPSA) is 73.1 Å². The van der Waals surface area contributed by atoms with Crippen LogP contribution in [0.3, 0.4) is 0 Å². The number of hydrogen-bond donors (Lipinski definition) is 1. The maximum Gasteiger partial charge on any atom is 0.194 e. The van der Waals surface area contributed by atoms with Crippen LogP contribution in [0.1, 0.15) is 16.7 Å². The lowest BCUT2D eigenvalue weighted by molar-refractivity contribution is 0.171. The first-order valence-corrected chi connectivity index (χ1v) is 10.1. The third-order valence-corrected chi connectivity index (χ3v) is 5.38. The van der Waals surface area contributed by atoms with Gasteiger partial charge in [-0.15, -0.1) is 24.0 Å². The van der Waals surface area contributed by atoms with E-state index in [1.807, 2.05) is 24.3 Å². The Morgan fingerprint density at radius 1 is 1.09 bits per heavy atom. The van der Waals surface area contributed by atoms with E-state index in [0.717, 1.165) is 55.7 Å². The lowest BCUT2D eigenvalue weighted by atomic mass is 10.1. The number of halogens is 2. The lowest BCUT2D eigenvalue weighted by Crippen LogP contribution is -2.52. The predicted molar refractivity (Wildman–Crippen MR) is 133 cm³/mol. The van der Waals surface area contributed by atoms with Crippen LogP contribution in [-0.2, 0) is 13.1 Å². The second kappa shape index (κ2) is 12.5. The second-order valence-corrected chi connectivity index (χ2v) is 7.26. The molecule has 1 aliphatic rings. The number of piperazine rings is 1. The zero-order valence-corrected chi connectivity index (χ0v) is 20.9. The predicted octanol–water partition coefficient (Wildman–Crippen LogP) is 3.23. The summed E-state index contributed by atoms with van der Waals surface area (Å²) in [5.41, 5.74) is 1.98.